The van der Waals surface area contributed by atoms with E-state index in [0.717, 1.165) is 12.6 Å². The van der Waals surface area contributed by atoms with Gasteiger partial charge in [-0.05, 0) is 6.42 Å². The number of nitro groups is 1. The Balaban J connectivity index is 2.22. The van der Waals surface area contributed by atoms with Crippen molar-refractivity contribution in [3.63, 3.8) is 0 Å². The fourth-order valence-electron chi connectivity index (χ4n) is 1.26. The third kappa shape index (κ3) is 1.20. The van der Waals surface area contributed by atoms with Crippen molar-refractivity contribution in [1.82, 2.24) is 9.78 Å². The summed E-state index contributed by atoms with van der Waals surface area (Å²) in [6.45, 7) is 0. The Bertz CT molecular complexity index is 371. The zero-order chi connectivity index (χ0) is 9.42. The van der Waals surface area contributed by atoms with E-state index in [-0.39, 0.29) is 17.5 Å². The van der Waals surface area contributed by atoms with Crippen LogP contribution in [0, 0.1) is 10.1 Å². The van der Waals surface area contributed by atoms with Crippen molar-refractivity contribution < 1.29 is 9.72 Å². The zero-order valence-corrected chi connectivity index (χ0v) is 6.71. The molecule has 1 atom stereocenters. The molecule has 1 aliphatic carbocycles. The minimum atomic E-state index is -0.521. The molecule has 0 N–H and O–H groups in total. The number of hydrogen-bond donors (Lipinski definition) is 0. The third-order valence-electron chi connectivity index (χ3n) is 2.15. The van der Waals surface area contributed by atoms with Gasteiger partial charge in [-0.2, -0.15) is 5.10 Å². The summed E-state index contributed by atoms with van der Waals surface area (Å²) in [4.78, 5) is 20.8. The second-order valence-corrected chi connectivity index (χ2v) is 2.96. The Labute approximate surface area is 73.3 Å². The number of hydrogen-bond acceptors (Lipinski definition) is 4. The summed E-state index contributed by atoms with van der Waals surface area (Å²) in [5.74, 6) is 0.0954. The molecule has 0 amide bonds. The maximum absolute atomic E-state index is 11.0. The zero-order valence-electron chi connectivity index (χ0n) is 6.71. The van der Waals surface area contributed by atoms with E-state index in [9.17, 15) is 14.9 Å². The van der Waals surface area contributed by atoms with Gasteiger partial charge in [-0.15, -0.1) is 0 Å². The van der Waals surface area contributed by atoms with E-state index in [1.807, 2.05) is 0 Å². The van der Waals surface area contributed by atoms with Crippen LogP contribution in [0.1, 0.15) is 18.9 Å². The van der Waals surface area contributed by atoms with Gasteiger partial charge >= 0.3 is 5.69 Å². The highest BCUT2D eigenvalue weighted by Gasteiger charge is 2.31. The van der Waals surface area contributed by atoms with E-state index in [1.165, 1.54) is 10.9 Å². The van der Waals surface area contributed by atoms with Crippen molar-refractivity contribution in [3.8, 4) is 0 Å². The highest BCUT2D eigenvalue weighted by molar-refractivity contribution is 5.87. The molecule has 0 saturated heterocycles. The predicted octanol–water partition coefficient (Wildman–Crippen LogP) is 0.695. The summed E-state index contributed by atoms with van der Waals surface area (Å²) in [5.41, 5.74) is -0.0697. The van der Waals surface area contributed by atoms with Gasteiger partial charge < -0.3 is 0 Å². The van der Waals surface area contributed by atoms with Crippen LogP contribution in [0.4, 0.5) is 5.69 Å². The second-order valence-electron chi connectivity index (χ2n) is 2.96. The van der Waals surface area contributed by atoms with E-state index in [4.69, 9.17) is 0 Å². The fraction of sp³-hybridized carbons (Fsp3) is 0.429. The summed E-state index contributed by atoms with van der Waals surface area (Å²) in [7, 11) is 0. The predicted molar refractivity (Wildman–Crippen MR) is 42.2 cm³/mol. The quantitative estimate of drug-likeness (QED) is 0.496. The molecule has 0 aromatic carbocycles. The highest BCUT2D eigenvalue weighted by atomic mass is 16.6. The van der Waals surface area contributed by atoms with Crippen LogP contribution in [-0.4, -0.2) is 20.5 Å². The first-order valence-corrected chi connectivity index (χ1v) is 3.90. The van der Waals surface area contributed by atoms with Crippen LogP contribution in [0.15, 0.2) is 12.4 Å². The average Bonchev–Trinajstić information content (AvgIpc) is 2.50. The first kappa shape index (κ1) is 7.90. The molecule has 1 aromatic rings. The standard InChI is InChI=1S/C7H7N3O3/c11-7-2-1-6(7)9-4-5(3-8-9)10(12)13/h3-4,6H,1-2H2. The van der Waals surface area contributed by atoms with Crippen molar-refractivity contribution in [2.75, 3.05) is 0 Å². The van der Waals surface area contributed by atoms with Crippen molar-refractivity contribution in [2.45, 2.75) is 18.9 Å². The molecule has 1 unspecified atom stereocenters. The summed E-state index contributed by atoms with van der Waals surface area (Å²) in [6.07, 6.45) is 3.74. The molecular formula is C7H7N3O3. The largest absolute Gasteiger partial charge is 0.307 e. The van der Waals surface area contributed by atoms with E-state index in [1.54, 1.807) is 0 Å². The molecule has 1 saturated carbocycles. The summed E-state index contributed by atoms with van der Waals surface area (Å²) < 4.78 is 1.37. The van der Waals surface area contributed by atoms with Gasteiger partial charge in [0.05, 0.1) is 4.92 Å². The molecule has 2 rings (SSSR count). The molecule has 1 aliphatic rings. The molecule has 0 spiro atoms. The van der Waals surface area contributed by atoms with Crippen molar-refractivity contribution in [2.24, 2.45) is 0 Å². The molecule has 1 aromatic heterocycles. The van der Waals surface area contributed by atoms with Gasteiger partial charge in [-0.25, -0.2) is 0 Å². The number of ketones is 1. The maximum atomic E-state index is 11.0. The lowest BCUT2D eigenvalue weighted by molar-refractivity contribution is -0.385. The monoisotopic (exact) mass is 181 g/mol. The van der Waals surface area contributed by atoms with E-state index < -0.39 is 4.92 Å². The number of aromatic nitrogens is 2. The number of Topliss-reactive ketones (excluding diaryl/α,β-unsaturated/α-hetero) is 1. The molecule has 13 heavy (non-hydrogen) atoms. The number of carbonyl (C=O) groups excluding carboxylic acids is 1. The SMILES string of the molecule is O=C1CCC1n1cc([N+](=O)[O-])cn1. The molecule has 68 valence electrons. The van der Waals surface area contributed by atoms with Crippen molar-refractivity contribution in [1.29, 1.82) is 0 Å². The van der Waals surface area contributed by atoms with Gasteiger partial charge in [-0.3, -0.25) is 19.6 Å². The second kappa shape index (κ2) is 2.65. The van der Waals surface area contributed by atoms with Crippen molar-refractivity contribution in [3.05, 3.63) is 22.5 Å². The lowest BCUT2D eigenvalue weighted by Gasteiger charge is -2.23. The Kier molecular flexibility index (Phi) is 1.61. The topological polar surface area (TPSA) is 78.0 Å². The van der Waals surface area contributed by atoms with Gasteiger partial charge in [-0.1, -0.05) is 0 Å². The summed E-state index contributed by atoms with van der Waals surface area (Å²) in [6, 6.07) is -0.270. The maximum Gasteiger partial charge on any atom is 0.307 e. The Hall–Kier alpha value is -1.72. The summed E-state index contributed by atoms with van der Waals surface area (Å²) >= 11 is 0. The van der Waals surface area contributed by atoms with Crippen LogP contribution in [0.3, 0.4) is 0 Å². The van der Waals surface area contributed by atoms with Gasteiger partial charge in [0.25, 0.3) is 0 Å². The molecular weight excluding hydrogens is 174 g/mol. The summed E-state index contributed by atoms with van der Waals surface area (Å²) in [5, 5.41) is 14.1. The minimum Gasteiger partial charge on any atom is -0.297 e. The van der Waals surface area contributed by atoms with E-state index in [2.05, 4.69) is 5.10 Å². The highest BCUT2D eigenvalue weighted by Crippen LogP contribution is 2.27. The molecule has 6 nitrogen and oxygen atoms in total. The lowest BCUT2D eigenvalue weighted by Crippen LogP contribution is -2.29. The Morgan fingerprint density at radius 2 is 2.46 bits per heavy atom. The van der Waals surface area contributed by atoms with Crippen LogP contribution in [0.5, 0.6) is 0 Å². The molecule has 0 aliphatic heterocycles. The first-order chi connectivity index (χ1) is 6.18. The fourth-order valence-corrected chi connectivity index (χ4v) is 1.26. The van der Waals surface area contributed by atoms with Gasteiger partial charge in [0.2, 0.25) is 0 Å². The van der Waals surface area contributed by atoms with Gasteiger partial charge in [0.15, 0.2) is 5.78 Å². The van der Waals surface area contributed by atoms with Crippen LogP contribution >= 0.6 is 0 Å². The lowest BCUT2D eigenvalue weighted by atomic mass is 9.91. The van der Waals surface area contributed by atoms with Gasteiger partial charge in [0, 0.05) is 6.42 Å². The normalized spacial score (nSPS) is 21.2. The third-order valence-corrected chi connectivity index (χ3v) is 2.15. The minimum absolute atomic E-state index is 0.0697. The molecule has 0 radical (unpaired) electrons. The number of rotatable bonds is 2. The smallest absolute Gasteiger partial charge is 0.297 e. The van der Waals surface area contributed by atoms with E-state index in [0.29, 0.717) is 6.42 Å². The molecule has 6 heteroatoms. The Morgan fingerprint density at radius 1 is 1.69 bits per heavy atom. The molecule has 0 bridgehead atoms. The average molecular weight is 181 g/mol. The van der Waals surface area contributed by atoms with Crippen LogP contribution in [0.2, 0.25) is 0 Å². The number of carbonyl (C=O) groups is 1. The Morgan fingerprint density at radius 3 is 2.85 bits per heavy atom. The van der Waals surface area contributed by atoms with Crippen molar-refractivity contribution >= 4 is 11.5 Å². The van der Waals surface area contributed by atoms with E-state index >= 15 is 0 Å². The van der Waals surface area contributed by atoms with Crippen LogP contribution in [0.25, 0.3) is 0 Å². The van der Waals surface area contributed by atoms with Crippen LogP contribution < -0.4 is 0 Å². The first-order valence-electron chi connectivity index (χ1n) is 3.90. The number of nitrogens with zero attached hydrogens (tertiary/aromatic N) is 3. The van der Waals surface area contributed by atoms with Gasteiger partial charge in [0.1, 0.15) is 18.4 Å². The van der Waals surface area contributed by atoms with Crippen LogP contribution in [-0.2, 0) is 4.79 Å². The molecule has 1 fully saturated rings. The molecule has 1 heterocycles.